The Balaban J connectivity index is 1.59. The summed E-state index contributed by atoms with van der Waals surface area (Å²) in [5.74, 6) is -0.425. The highest BCUT2D eigenvalue weighted by atomic mass is 127. The lowest BCUT2D eigenvalue weighted by Crippen LogP contribution is -2.32. The number of halogens is 3. The molecule has 2 amide bonds. The van der Waals surface area contributed by atoms with Crippen LogP contribution in [0, 0.1) is 13.0 Å². The molecule has 0 saturated heterocycles. The predicted molar refractivity (Wildman–Crippen MR) is 128 cm³/mol. The standard InChI is InChI=1S/C23H16FI2NO3/c24-20-13-15(26)8-9-19(20)21(30-16-5-3-4-14(25)12-16)10-11-27-22(28)17-6-1-2-7-18(17)23(27)29/h1-9,12-13,21H,10-11H2. The summed E-state index contributed by atoms with van der Waals surface area (Å²) in [7, 11) is 0. The van der Waals surface area contributed by atoms with Crippen LogP contribution in [0.1, 0.15) is 38.8 Å². The van der Waals surface area contributed by atoms with E-state index >= 15 is 0 Å². The van der Waals surface area contributed by atoms with E-state index in [-0.39, 0.29) is 30.6 Å². The SMILES string of the molecule is O=C1c2ccccc2C(=O)N1CCC(Oc1cccc(I)c1)c1ccc(I)cc1F. The molecule has 0 aromatic heterocycles. The van der Waals surface area contributed by atoms with Gasteiger partial charge >= 0.3 is 0 Å². The first-order valence-electron chi connectivity index (χ1n) is 9.26. The maximum Gasteiger partial charge on any atom is 0.261 e. The molecule has 4 rings (SSSR count). The van der Waals surface area contributed by atoms with Gasteiger partial charge in [-0.15, -0.1) is 0 Å². The second kappa shape index (κ2) is 9.01. The average molecular weight is 627 g/mol. The van der Waals surface area contributed by atoms with E-state index in [0.29, 0.717) is 22.4 Å². The summed E-state index contributed by atoms with van der Waals surface area (Å²) in [6, 6.07) is 19.2. The van der Waals surface area contributed by atoms with E-state index in [0.717, 1.165) is 7.14 Å². The molecule has 3 aromatic rings. The van der Waals surface area contributed by atoms with E-state index in [4.69, 9.17) is 4.74 Å². The zero-order chi connectivity index (χ0) is 21.3. The van der Waals surface area contributed by atoms with Gasteiger partial charge in [0.1, 0.15) is 17.7 Å². The molecule has 0 fully saturated rings. The summed E-state index contributed by atoms with van der Waals surface area (Å²) in [5.41, 5.74) is 1.20. The first-order chi connectivity index (χ1) is 14.4. The number of nitrogens with zero attached hydrogens (tertiary/aromatic N) is 1. The molecule has 1 heterocycles. The molecular weight excluding hydrogens is 611 g/mol. The second-order valence-electron chi connectivity index (χ2n) is 6.83. The Kier molecular flexibility index (Phi) is 6.37. The normalized spacial score (nSPS) is 14.0. The Morgan fingerprint density at radius 2 is 1.53 bits per heavy atom. The van der Waals surface area contributed by atoms with Gasteiger partial charge in [0.05, 0.1) is 11.1 Å². The van der Waals surface area contributed by atoms with Crippen molar-refractivity contribution in [2.24, 2.45) is 0 Å². The minimum Gasteiger partial charge on any atom is -0.486 e. The lowest BCUT2D eigenvalue weighted by molar-refractivity contribution is 0.0629. The van der Waals surface area contributed by atoms with Crippen LogP contribution in [-0.2, 0) is 0 Å². The number of rotatable bonds is 6. The average Bonchev–Trinajstić information content (AvgIpc) is 2.96. The van der Waals surface area contributed by atoms with E-state index in [9.17, 15) is 14.0 Å². The number of fused-ring (bicyclic) bond motifs is 1. The summed E-state index contributed by atoms with van der Waals surface area (Å²) in [6.45, 7) is 0.131. The summed E-state index contributed by atoms with van der Waals surface area (Å²) in [6.07, 6.45) is -0.376. The minimum atomic E-state index is -0.649. The molecule has 30 heavy (non-hydrogen) atoms. The highest BCUT2D eigenvalue weighted by Crippen LogP contribution is 2.30. The smallest absolute Gasteiger partial charge is 0.261 e. The van der Waals surface area contributed by atoms with Crippen LogP contribution in [0.5, 0.6) is 5.75 Å². The zero-order valence-corrected chi connectivity index (χ0v) is 20.0. The van der Waals surface area contributed by atoms with Gasteiger partial charge in [-0.05, 0) is 87.6 Å². The predicted octanol–water partition coefficient (Wildman–Crippen LogP) is 5.84. The molecular formula is C23H16FI2NO3. The van der Waals surface area contributed by atoms with Gasteiger partial charge in [0, 0.05) is 25.7 Å². The number of imide groups is 1. The summed E-state index contributed by atoms with van der Waals surface area (Å²) >= 11 is 4.24. The molecule has 3 aromatic carbocycles. The molecule has 1 aliphatic rings. The molecule has 0 radical (unpaired) electrons. The Morgan fingerprint density at radius 1 is 0.867 bits per heavy atom. The van der Waals surface area contributed by atoms with E-state index in [1.165, 1.54) is 11.0 Å². The molecule has 4 nitrogen and oxygen atoms in total. The molecule has 0 aliphatic carbocycles. The zero-order valence-electron chi connectivity index (χ0n) is 15.6. The van der Waals surface area contributed by atoms with Crippen molar-refractivity contribution < 1.29 is 18.7 Å². The third-order valence-electron chi connectivity index (χ3n) is 4.88. The molecule has 0 spiro atoms. The highest BCUT2D eigenvalue weighted by molar-refractivity contribution is 14.1. The molecule has 1 aliphatic heterocycles. The van der Waals surface area contributed by atoms with E-state index in [1.807, 2.05) is 30.3 Å². The van der Waals surface area contributed by atoms with Crippen molar-refractivity contribution in [2.75, 3.05) is 6.54 Å². The van der Waals surface area contributed by atoms with Crippen LogP contribution in [0.15, 0.2) is 66.7 Å². The summed E-state index contributed by atoms with van der Waals surface area (Å²) in [5, 5.41) is 0. The number of benzene rings is 3. The van der Waals surface area contributed by atoms with Crippen molar-refractivity contribution in [3.63, 3.8) is 0 Å². The fourth-order valence-corrected chi connectivity index (χ4v) is 4.40. The molecule has 7 heteroatoms. The number of carbonyl (C=O) groups excluding carboxylic acids is 2. The first kappa shape index (κ1) is 21.2. The number of hydrogen-bond donors (Lipinski definition) is 0. The van der Waals surface area contributed by atoms with Crippen molar-refractivity contribution in [2.45, 2.75) is 12.5 Å². The van der Waals surface area contributed by atoms with Crippen molar-refractivity contribution in [1.82, 2.24) is 4.90 Å². The van der Waals surface area contributed by atoms with Crippen molar-refractivity contribution in [1.29, 1.82) is 0 Å². The topological polar surface area (TPSA) is 46.6 Å². The quantitative estimate of drug-likeness (QED) is 0.255. The van der Waals surface area contributed by atoms with Crippen LogP contribution in [0.4, 0.5) is 4.39 Å². The summed E-state index contributed by atoms with van der Waals surface area (Å²) < 4.78 is 22.6. The van der Waals surface area contributed by atoms with Crippen LogP contribution in [0.25, 0.3) is 0 Å². The molecule has 0 bridgehead atoms. The van der Waals surface area contributed by atoms with Crippen molar-refractivity contribution in [3.8, 4) is 5.75 Å². The fraction of sp³-hybridized carbons (Fsp3) is 0.130. The number of amides is 2. The molecule has 0 N–H and O–H groups in total. The van der Waals surface area contributed by atoms with Gasteiger partial charge in [0.15, 0.2) is 0 Å². The van der Waals surface area contributed by atoms with Gasteiger partial charge < -0.3 is 4.74 Å². The largest absolute Gasteiger partial charge is 0.486 e. The lowest BCUT2D eigenvalue weighted by Gasteiger charge is -2.23. The maximum atomic E-state index is 14.7. The lowest BCUT2D eigenvalue weighted by atomic mass is 10.1. The summed E-state index contributed by atoms with van der Waals surface area (Å²) in [4.78, 5) is 26.5. The third-order valence-corrected chi connectivity index (χ3v) is 6.22. The monoisotopic (exact) mass is 627 g/mol. The van der Waals surface area contributed by atoms with Crippen molar-refractivity contribution >= 4 is 57.0 Å². The number of hydrogen-bond acceptors (Lipinski definition) is 3. The molecule has 152 valence electrons. The van der Waals surface area contributed by atoms with Crippen LogP contribution in [0.3, 0.4) is 0 Å². The fourth-order valence-electron chi connectivity index (χ4n) is 3.43. The van der Waals surface area contributed by atoms with E-state index < -0.39 is 6.10 Å². The van der Waals surface area contributed by atoms with Gasteiger partial charge in [-0.3, -0.25) is 14.5 Å². The minimum absolute atomic E-state index is 0.131. The van der Waals surface area contributed by atoms with Gasteiger partial charge in [-0.25, -0.2) is 4.39 Å². The maximum absolute atomic E-state index is 14.7. The number of ether oxygens (including phenoxy) is 1. The van der Waals surface area contributed by atoms with Gasteiger partial charge in [-0.1, -0.05) is 24.3 Å². The Morgan fingerprint density at radius 3 is 2.17 bits per heavy atom. The second-order valence-corrected chi connectivity index (χ2v) is 9.32. The Hall–Kier alpha value is -2.01. The number of carbonyl (C=O) groups is 2. The van der Waals surface area contributed by atoms with E-state index in [1.54, 1.807) is 30.3 Å². The highest BCUT2D eigenvalue weighted by Gasteiger charge is 2.35. The first-order valence-corrected chi connectivity index (χ1v) is 11.4. The molecule has 0 saturated carbocycles. The molecule has 1 atom stereocenters. The van der Waals surface area contributed by atoms with Crippen LogP contribution < -0.4 is 4.74 Å². The molecule has 1 unspecified atom stereocenters. The van der Waals surface area contributed by atoms with Gasteiger partial charge in [0.25, 0.3) is 11.8 Å². The van der Waals surface area contributed by atoms with E-state index in [2.05, 4.69) is 45.2 Å². The van der Waals surface area contributed by atoms with Crippen LogP contribution in [-0.4, -0.2) is 23.3 Å². The van der Waals surface area contributed by atoms with Crippen LogP contribution >= 0.6 is 45.2 Å². The van der Waals surface area contributed by atoms with Crippen LogP contribution in [0.2, 0.25) is 0 Å². The third kappa shape index (κ3) is 4.36. The van der Waals surface area contributed by atoms with Crippen molar-refractivity contribution in [3.05, 3.63) is 96.4 Å². The van der Waals surface area contributed by atoms with Gasteiger partial charge in [-0.2, -0.15) is 0 Å². The van der Waals surface area contributed by atoms with Gasteiger partial charge in [0.2, 0.25) is 0 Å². The Labute approximate surface area is 200 Å². The Bertz CT molecular complexity index is 1100.